The number of likely N-dealkylation sites (tertiary alicyclic amines) is 2. The predicted octanol–water partition coefficient (Wildman–Crippen LogP) is 9.55. The van der Waals surface area contributed by atoms with Crippen molar-refractivity contribution >= 4 is 129 Å². The summed E-state index contributed by atoms with van der Waals surface area (Å²) in [6.07, 6.45) is 3.28. The summed E-state index contributed by atoms with van der Waals surface area (Å²) in [6.45, 7) is 44.1. The number of aromatic nitrogens is 3. The number of hydrogen-bond acceptors (Lipinski definition) is 31. The number of rotatable bonds is 35. The molecule has 9 aliphatic rings. The van der Waals surface area contributed by atoms with Crippen molar-refractivity contribution in [2.24, 2.45) is 28.6 Å². The molecule has 6 aliphatic carbocycles. The quantitative estimate of drug-likeness (QED) is 0.0165. The fourth-order valence-corrected chi connectivity index (χ4v) is 21.4. The number of aliphatic hydroxyl groups excluding tert-OH is 2. The third-order valence-corrected chi connectivity index (χ3v) is 34.5. The number of benzene rings is 3. The van der Waals surface area contributed by atoms with Gasteiger partial charge in [0.15, 0.2) is 6.10 Å². The number of halogens is 1. The van der Waals surface area contributed by atoms with Gasteiger partial charge in [0.2, 0.25) is 65.4 Å². The van der Waals surface area contributed by atoms with E-state index >= 15 is 0 Å². The van der Waals surface area contributed by atoms with Crippen LogP contribution in [0, 0.1) is 49.4 Å². The molecule has 6 aromatic rings. The van der Waals surface area contributed by atoms with Gasteiger partial charge >= 0.3 is 12.1 Å². The molecule has 3 saturated heterocycles. The molecule has 14 atom stereocenters. The largest absolute Gasteiger partial charge is 0.496 e. The van der Waals surface area contributed by atoms with Crippen molar-refractivity contribution in [3.05, 3.63) is 109 Å². The number of nitrogens with zero attached hydrogens (tertiary/aromatic N) is 5. The van der Waals surface area contributed by atoms with E-state index in [9.17, 15) is 73.5 Å². The lowest BCUT2D eigenvalue weighted by molar-refractivity contribution is -0.152. The number of methoxy groups -OCH3 is 3. The zero-order valence-corrected chi connectivity index (χ0v) is 89.3. The SMILES string of the molecule is C=C[C@@H]1C[C@]1(NC(=O)[C@@H]1C[C@@H](Oc2cc(OCC)nc3c(C)c(OC)ccc23)CN1)C(=O)NS(=O)(=O)C1(C)CC1.C=C[C@@H]1C[C@]1(NC(=O)[C@@H]1C[C@@H](Oc2cc(OCC)nc3c(C)c(OC)ccc23)CN1C(=O)OC(C)(C)C)C(=O)NS(=O)(=O)C1(C)CC1.C=C[C@@H]1C[C@]1(NC(=O)[C@@H]1C[C@@H](Oc2cc(OCC)nc3c(C)c(OC)ccc23)CN1C(=O)[C@@H](O)C(C)(C)C)C(=O)NS(=O)(=O)C1(C)CC1.CC(C)(C)[C@H](O)C(=O)O.Cl. The van der Waals surface area contributed by atoms with Gasteiger partial charge < -0.3 is 88.9 Å². The van der Waals surface area contributed by atoms with Crippen molar-refractivity contribution in [3.8, 4) is 52.1 Å². The Kier molecular flexibility index (Phi) is 33.7. The highest BCUT2D eigenvalue weighted by Gasteiger charge is 2.66. The summed E-state index contributed by atoms with van der Waals surface area (Å²) in [5.41, 5.74) is -2.29. The average molecular weight is 2100 g/mol. The minimum Gasteiger partial charge on any atom is -0.496 e. The third-order valence-electron chi connectivity index (χ3n) is 28.0. The van der Waals surface area contributed by atoms with E-state index in [1.807, 2.05) is 71.9 Å². The second kappa shape index (κ2) is 43.0. The van der Waals surface area contributed by atoms with E-state index in [1.165, 1.54) is 22.0 Å². The molecule has 15 rings (SSSR count). The minimum absolute atomic E-state index is 0. The number of nitrogens with one attached hydrogen (secondary N) is 7. The maximum atomic E-state index is 14.0. The normalized spacial score (nSPS) is 24.6. The molecule has 0 bridgehead atoms. The van der Waals surface area contributed by atoms with Gasteiger partial charge in [0, 0.05) is 94.6 Å². The lowest BCUT2D eigenvalue weighted by Crippen LogP contribution is -2.58. The van der Waals surface area contributed by atoms with Crippen molar-refractivity contribution < 1.29 is 131 Å². The number of carbonyl (C=O) groups is 9. The summed E-state index contributed by atoms with van der Waals surface area (Å²) < 4.78 is 139. The van der Waals surface area contributed by atoms with E-state index in [-0.39, 0.29) is 63.2 Å². The minimum atomic E-state index is -3.97. The Labute approximate surface area is 852 Å². The molecule has 3 aromatic heterocycles. The second-order valence-corrected chi connectivity index (χ2v) is 48.7. The van der Waals surface area contributed by atoms with Crippen LogP contribution in [0.1, 0.15) is 198 Å². The highest BCUT2D eigenvalue weighted by molar-refractivity contribution is 7.92. The number of aliphatic hydroxyl groups is 2. The van der Waals surface area contributed by atoms with Crippen molar-refractivity contribution in [1.82, 2.24) is 60.2 Å². The van der Waals surface area contributed by atoms with Gasteiger partial charge in [-0.3, -0.25) is 52.6 Å². The molecular formula is C101H139ClN12O28S3. The van der Waals surface area contributed by atoms with Gasteiger partial charge in [0.25, 0.3) is 23.6 Å². The van der Waals surface area contributed by atoms with Crippen LogP contribution in [0.15, 0.2) is 92.6 Å². The number of aryl methyl sites for hydroxylation is 3. The van der Waals surface area contributed by atoms with Crippen molar-refractivity contribution in [1.29, 1.82) is 0 Å². The Morgan fingerprint density at radius 3 is 1.06 bits per heavy atom. The van der Waals surface area contributed by atoms with Crippen LogP contribution in [0.4, 0.5) is 4.79 Å². The maximum Gasteiger partial charge on any atom is 0.411 e. The number of ether oxygens (including phenoxy) is 10. The Morgan fingerprint density at radius 1 is 0.476 bits per heavy atom. The topological polar surface area (TPSA) is 538 Å². The van der Waals surface area contributed by atoms with E-state index in [0.717, 1.165) is 22.1 Å². The van der Waals surface area contributed by atoms with Gasteiger partial charge in [-0.2, -0.15) is 0 Å². The molecule has 0 radical (unpaired) electrons. The van der Waals surface area contributed by atoms with Crippen LogP contribution in [0.2, 0.25) is 0 Å². The van der Waals surface area contributed by atoms with Crippen LogP contribution in [0.5, 0.6) is 52.1 Å². The first kappa shape index (κ1) is 114. The van der Waals surface area contributed by atoms with Gasteiger partial charge in [-0.25, -0.2) is 49.8 Å². The van der Waals surface area contributed by atoms with Gasteiger partial charge in [-0.15, -0.1) is 32.1 Å². The number of carboxylic acids is 1. The summed E-state index contributed by atoms with van der Waals surface area (Å²) in [7, 11) is -7.01. The highest BCUT2D eigenvalue weighted by atomic mass is 35.5. The Hall–Kier alpha value is -11.6. The molecule has 145 heavy (non-hydrogen) atoms. The molecule has 3 aliphatic heterocycles. The van der Waals surface area contributed by atoms with Crippen LogP contribution in [0.3, 0.4) is 0 Å². The number of carboxylic acid groups (broad SMARTS) is 1. The zero-order valence-electron chi connectivity index (χ0n) is 86.0. The Bertz CT molecular complexity index is 6400. The molecule has 3 aromatic carbocycles. The maximum absolute atomic E-state index is 14.0. The van der Waals surface area contributed by atoms with Crippen LogP contribution < -0.4 is 78.1 Å². The van der Waals surface area contributed by atoms with E-state index in [1.54, 1.807) is 135 Å². The summed E-state index contributed by atoms with van der Waals surface area (Å²) in [5, 5.41) is 41.8. The lowest BCUT2D eigenvalue weighted by Gasteiger charge is -2.32. The van der Waals surface area contributed by atoms with Crippen molar-refractivity contribution in [2.75, 3.05) is 60.8 Å². The average Bonchev–Trinajstić information content (AvgIpc) is 1.57. The summed E-state index contributed by atoms with van der Waals surface area (Å²) in [6, 6.07) is 13.2. The fraction of sp³-hybridized carbons (Fsp3) is 0.584. The van der Waals surface area contributed by atoms with Crippen LogP contribution in [-0.4, -0.2) is 265 Å². The number of sulfonamides is 3. The Morgan fingerprint density at radius 2 is 0.786 bits per heavy atom. The number of pyridine rings is 3. The van der Waals surface area contributed by atoms with E-state index in [0.29, 0.717) is 157 Å². The molecule has 796 valence electrons. The van der Waals surface area contributed by atoms with Gasteiger partial charge in [0.1, 0.15) is 93.2 Å². The molecular weight excluding hydrogens is 1960 g/mol. The molecule has 10 N–H and O–H groups in total. The number of hydrogen-bond donors (Lipinski definition) is 10. The summed E-state index contributed by atoms with van der Waals surface area (Å²) in [5.74, 6) is -2.73. The fourth-order valence-electron chi connectivity index (χ4n) is 17.5. The molecule has 9 fully saturated rings. The predicted molar refractivity (Wildman–Crippen MR) is 541 cm³/mol. The molecule has 6 heterocycles. The van der Waals surface area contributed by atoms with Crippen LogP contribution in [0.25, 0.3) is 32.7 Å². The summed E-state index contributed by atoms with van der Waals surface area (Å²) in [4.78, 5) is 135. The highest BCUT2D eigenvalue weighted by Crippen LogP contribution is 2.52. The number of aliphatic carboxylic acids is 1. The van der Waals surface area contributed by atoms with E-state index < -0.39 is 185 Å². The first-order valence-corrected chi connectivity index (χ1v) is 52.7. The standard InChI is InChI=1S/C34H46N4O9S.C33H44N4O9S.C28H36N4O7S.C6H12O3.ClH/c1-9-20-17-34(20,31(42)37-48(43,44)33(7)13-14-33)36-29(40)23-15-21(18-38(23)30(41)28(39)32(4,5)6)47-25-16-26(46-10-2)35-27-19(3)24(45-8)12-11-22(25)27;1-9-20-17-33(20,29(39)36-47(41,42)32(7)13-14-32)35-28(38)23-15-21(18-37(23)30(40)46-31(4,5)6)45-25-16-26(44-10-2)34-27-19(3)24(43-8)12-11-22(25)27;1-6-17-14-28(17,26(34)32-40(35,36)27(4)10-11-27)31-25(33)20-12-18(15-29-20)39-22-13-23(38-7-2)30-24-16(3)21(37-5)9-8-19(22)24;1-6(2,3)4(7)5(8)9;/h9,11-12,16,20-21,23,28,39H,1,10,13-15,17-18H2,2-8H3,(H,36,40)(H,37,42);9,11-12,16,20-21,23H,1,10,13-15,17-18H2,2-8H3,(H,35,38)(H,36,39);6,8-9,13,17-18,20,29H,1,7,10-12,14-15H2,2-5H3,(H,31,33)(H,32,34);4,7H,1-3H3,(H,8,9);1H/t20-,21-,23+,28-,34-;20-,21-,23+,33-;17-,18-,20+,28-;4-;/m1111./s1. The number of fused-ring (bicyclic) bond motifs is 3. The first-order valence-electron chi connectivity index (χ1n) is 48.2. The molecule has 6 saturated carbocycles. The molecule has 0 spiro atoms. The first-order chi connectivity index (χ1) is 67.2. The van der Waals surface area contributed by atoms with Crippen LogP contribution >= 0.6 is 12.4 Å². The zero-order chi connectivity index (χ0) is 106. The van der Waals surface area contributed by atoms with Crippen LogP contribution in [-0.2, 0) is 73.2 Å². The second-order valence-electron chi connectivity index (χ2n) is 42.1. The van der Waals surface area contributed by atoms with E-state index in [4.69, 9.17) is 57.6 Å². The molecule has 8 amide bonds. The van der Waals surface area contributed by atoms with Gasteiger partial charge in [-0.1, -0.05) is 59.8 Å². The number of carbonyl (C=O) groups excluding carboxylic acids is 8. The van der Waals surface area contributed by atoms with Crippen molar-refractivity contribution in [3.63, 3.8) is 0 Å². The molecule has 40 nitrogen and oxygen atoms in total. The smallest absolute Gasteiger partial charge is 0.411 e. The summed E-state index contributed by atoms with van der Waals surface area (Å²) >= 11 is 0. The monoisotopic (exact) mass is 2100 g/mol. The van der Waals surface area contributed by atoms with Gasteiger partial charge in [-0.05, 0) is 188 Å². The van der Waals surface area contributed by atoms with Crippen molar-refractivity contribution in [2.45, 2.75) is 287 Å². The lowest BCUT2D eigenvalue weighted by atomic mass is 9.88. The van der Waals surface area contributed by atoms with Gasteiger partial charge in [0.05, 0.1) is 91.1 Å². The Balaban J connectivity index is 0.000000198. The van der Waals surface area contributed by atoms with E-state index in [2.05, 4.69) is 70.1 Å². The molecule has 44 heteroatoms. The third kappa shape index (κ3) is 24.4. The molecule has 0 unspecified atom stereocenters. The number of amides is 8.